The molecule has 2 aromatic carbocycles. The summed E-state index contributed by atoms with van der Waals surface area (Å²) in [5.74, 6) is 0.695. The van der Waals surface area contributed by atoms with Crippen LogP contribution in [0.3, 0.4) is 0 Å². The fourth-order valence-electron chi connectivity index (χ4n) is 2.36. The van der Waals surface area contributed by atoms with E-state index in [2.05, 4.69) is 20.8 Å². The predicted molar refractivity (Wildman–Crippen MR) is 110 cm³/mol. The summed E-state index contributed by atoms with van der Waals surface area (Å²) in [5, 5.41) is 15.6. The summed E-state index contributed by atoms with van der Waals surface area (Å²) in [4.78, 5) is 12.4. The number of rotatable bonds is 7. The van der Waals surface area contributed by atoms with Crippen LogP contribution in [-0.4, -0.2) is 25.9 Å². The summed E-state index contributed by atoms with van der Waals surface area (Å²) < 4.78 is 1.88. The molecular formula is C19H20ClN5OS. The highest BCUT2D eigenvalue weighted by atomic mass is 35.5. The Morgan fingerprint density at radius 3 is 2.63 bits per heavy atom. The summed E-state index contributed by atoms with van der Waals surface area (Å²) >= 11 is 7.36. The molecule has 1 heterocycles. The van der Waals surface area contributed by atoms with Crippen molar-refractivity contribution in [3.63, 3.8) is 0 Å². The summed E-state index contributed by atoms with van der Waals surface area (Å²) in [6.07, 6.45) is 0. The maximum absolute atomic E-state index is 12.4. The lowest BCUT2D eigenvalue weighted by Crippen LogP contribution is -2.22. The zero-order chi connectivity index (χ0) is 19.2. The summed E-state index contributed by atoms with van der Waals surface area (Å²) in [6, 6.07) is 16.9. The number of carbonyl (C=O) groups is 1. The quantitative estimate of drug-likeness (QED) is 0.580. The second-order valence-electron chi connectivity index (χ2n) is 5.94. The van der Waals surface area contributed by atoms with Gasteiger partial charge in [-0.1, -0.05) is 47.6 Å². The number of anilines is 2. The summed E-state index contributed by atoms with van der Waals surface area (Å²) in [5.41, 5.74) is 1.69. The molecule has 6 nitrogen and oxygen atoms in total. The van der Waals surface area contributed by atoms with E-state index in [-0.39, 0.29) is 11.2 Å². The van der Waals surface area contributed by atoms with Crippen molar-refractivity contribution in [2.24, 2.45) is 7.05 Å². The SMILES string of the molecule is C[C@H](Sc1nnc(CNc2cccc(Cl)c2)n1C)C(=O)Nc1ccccc1. The van der Waals surface area contributed by atoms with Crippen molar-refractivity contribution in [3.05, 3.63) is 65.4 Å². The first kappa shape index (κ1) is 19.3. The van der Waals surface area contributed by atoms with Gasteiger partial charge in [-0.3, -0.25) is 4.79 Å². The number of thioether (sulfide) groups is 1. The molecule has 3 aromatic rings. The average molecular weight is 402 g/mol. The topological polar surface area (TPSA) is 71.8 Å². The fourth-order valence-corrected chi connectivity index (χ4v) is 3.38. The Kier molecular flexibility index (Phi) is 6.36. The van der Waals surface area contributed by atoms with Crippen molar-refractivity contribution >= 4 is 40.6 Å². The van der Waals surface area contributed by atoms with Gasteiger partial charge in [0.05, 0.1) is 11.8 Å². The lowest BCUT2D eigenvalue weighted by atomic mass is 10.3. The summed E-state index contributed by atoms with van der Waals surface area (Å²) in [7, 11) is 1.89. The fraction of sp³-hybridized carbons (Fsp3) is 0.211. The van der Waals surface area contributed by atoms with Gasteiger partial charge in [0.2, 0.25) is 5.91 Å². The van der Waals surface area contributed by atoms with Crippen LogP contribution in [-0.2, 0) is 18.4 Å². The normalized spacial score (nSPS) is 11.8. The number of hydrogen-bond donors (Lipinski definition) is 2. The monoisotopic (exact) mass is 401 g/mol. The highest BCUT2D eigenvalue weighted by Crippen LogP contribution is 2.23. The second kappa shape index (κ2) is 8.92. The van der Waals surface area contributed by atoms with Crippen molar-refractivity contribution in [2.75, 3.05) is 10.6 Å². The number of hydrogen-bond acceptors (Lipinski definition) is 5. The average Bonchev–Trinajstić information content (AvgIpc) is 3.00. The maximum atomic E-state index is 12.4. The number of para-hydroxylation sites is 1. The van der Waals surface area contributed by atoms with E-state index in [0.29, 0.717) is 16.7 Å². The van der Waals surface area contributed by atoms with Crippen molar-refractivity contribution in [1.29, 1.82) is 0 Å². The highest BCUT2D eigenvalue weighted by molar-refractivity contribution is 8.00. The van der Waals surface area contributed by atoms with Crippen LogP contribution in [0.4, 0.5) is 11.4 Å². The number of amides is 1. The third-order valence-electron chi connectivity index (χ3n) is 3.89. The maximum Gasteiger partial charge on any atom is 0.237 e. The minimum Gasteiger partial charge on any atom is -0.378 e. The Bertz CT molecular complexity index is 915. The van der Waals surface area contributed by atoms with Gasteiger partial charge >= 0.3 is 0 Å². The number of nitrogens with zero attached hydrogens (tertiary/aromatic N) is 3. The Hall–Kier alpha value is -2.51. The number of nitrogens with one attached hydrogen (secondary N) is 2. The molecule has 0 spiro atoms. The van der Waals surface area contributed by atoms with Crippen molar-refractivity contribution in [2.45, 2.75) is 23.9 Å². The van der Waals surface area contributed by atoms with Crippen LogP contribution >= 0.6 is 23.4 Å². The van der Waals surface area contributed by atoms with E-state index in [1.807, 2.05) is 73.1 Å². The second-order valence-corrected chi connectivity index (χ2v) is 7.68. The molecule has 0 bridgehead atoms. The molecular weight excluding hydrogens is 382 g/mol. The van der Waals surface area contributed by atoms with Crippen LogP contribution in [0.25, 0.3) is 0 Å². The molecule has 1 amide bonds. The molecule has 8 heteroatoms. The van der Waals surface area contributed by atoms with Crippen LogP contribution < -0.4 is 10.6 Å². The largest absolute Gasteiger partial charge is 0.378 e. The Balaban J connectivity index is 1.58. The van der Waals surface area contributed by atoms with Gasteiger partial charge in [0.1, 0.15) is 0 Å². The highest BCUT2D eigenvalue weighted by Gasteiger charge is 2.19. The number of aromatic nitrogens is 3. The van der Waals surface area contributed by atoms with E-state index in [4.69, 9.17) is 11.6 Å². The van der Waals surface area contributed by atoms with Gasteiger partial charge in [0.15, 0.2) is 11.0 Å². The van der Waals surface area contributed by atoms with Gasteiger partial charge in [0, 0.05) is 23.4 Å². The van der Waals surface area contributed by atoms with Crippen molar-refractivity contribution in [1.82, 2.24) is 14.8 Å². The molecule has 0 radical (unpaired) electrons. The van der Waals surface area contributed by atoms with Crippen LogP contribution in [0.1, 0.15) is 12.7 Å². The first-order valence-corrected chi connectivity index (χ1v) is 9.69. The Morgan fingerprint density at radius 1 is 1.15 bits per heavy atom. The smallest absolute Gasteiger partial charge is 0.237 e. The molecule has 27 heavy (non-hydrogen) atoms. The number of halogens is 1. The minimum atomic E-state index is -0.304. The summed E-state index contributed by atoms with van der Waals surface area (Å²) in [6.45, 7) is 2.36. The zero-order valence-corrected chi connectivity index (χ0v) is 16.6. The van der Waals surface area contributed by atoms with Crippen molar-refractivity contribution in [3.8, 4) is 0 Å². The van der Waals surface area contributed by atoms with Crippen LogP contribution in [0.2, 0.25) is 5.02 Å². The molecule has 0 fully saturated rings. The molecule has 2 N–H and O–H groups in total. The molecule has 1 aromatic heterocycles. The molecule has 1 atom stereocenters. The van der Waals surface area contributed by atoms with Gasteiger partial charge in [-0.2, -0.15) is 0 Å². The van der Waals surface area contributed by atoms with E-state index in [1.165, 1.54) is 11.8 Å². The molecule has 0 saturated carbocycles. The lowest BCUT2D eigenvalue weighted by Gasteiger charge is -2.12. The van der Waals surface area contributed by atoms with E-state index >= 15 is 0 Å². The van der Waals surface area contributed by atoms with Gasteiger partial charge in [-0.05, 0) is 37.3 Å². The van der Waals surface area contributed by atoms with Gasteiger partial charge in [-0.15, -0.1) is 10.2 Å². The Morgan fingerprint density at radius 2 is 1.89 bits per heavy atom. The molecule has 0 aliphatic carbocycles. The van der Waals surface area contributed by atoms with Gasteiger partial charge < -0.3 is 15.2 Å². The lowest BCUT2D eigenvalue weighted by molar-refractivity contribution is -0.115. The number of carbonyl (C=O) groups excluding carboxylic acids is 1. The Labute approximate surface area is 167 Å². The first-order chi connectivity index (χ1) is 13.0. The predicted octanol–water partition coefficient (Wildman–Crippen LogP) is 4.20. The van der Waals surface area contributed by atoms with Crippen LogP contribution in [0.5, 0.6) is 0 Å². The molecule has 3 rings (SSSR count). The third kappa shape index (κ3) is 5.24. The first-order valence-electron chi connectivity index (χ1n) is 8.43. The third-order valence-corrected chi connectivity index (χ3v) is 5.26. The van der Waals surface area contributed by atoms with Gasteiger partial charge in [0.25, 0.3) is 0 Å². The van der Waals surface area contributed by atoms with E-state index in [9.17, 15) is 4.79 Å². The van der Waals surface area contributed by atoms with E-state index < -0.39 is 0 Å². The molecule has 0 saturated heterocycles. The van der Waals surface area contributed by atoms with E-state index in [0.717, 1.165) is 17.2 Å². The number of benzene rings is 2. The molecule has 0 aliphatic heterocycles. The van der Waals surface area contributed by atoms with E-state index in [1.54, 1.807) is 0 Å². The molecule has 140 valence electrons. The van der Waals surface area contributed by atoms with Crippen molar-refractivity contribution < 1.29 is 4.79 Å². The molecule has 0 aliphatic rings. The zero-order valence-electron chi connectivity index (χ0n) is 15.0. The van der Waals surface area contributed by atoms with Gasteiger partial charge in [-0.25, -0.2) is 0 Å². The van der Waals surface area contributed by atoms with Crippen LogP contribution in [0, 0.1) is 0 Å². The minimum absolute atomic E-state index is 0.0761. The van der Waals surface area contributed by atoms with Crippen LogP contribution in [0.15, 0.2) is 59.8 Å². The standard InChI is InChI=1S/C19H20ClN5OS/c1-13(18(26)22-15-8-4-3-5-9-15)27-19-24-23-17(25(19)2)12-21-16-10-6-7-14(20)11-16/h3-11,13,21H,12H2,1-2H3,(H,22,26)/t13-/m0/s1. The molecule has 0 unspecified atom stereocenters.